The van der Waals surface area contributed by atoms with Crippen LogP contribution in [-0.4, -0.2) is 17.5 Å². The summed E-state index contributed by atoms with van der Waals surface area (Å²) in [5, 5.41) is 10.8. The molecule has 28 heavy (non-hydrogen) atoms. The van der Waals surface area contributed by atoms with E-state index >= 15 is 0 Å². The topological polar surface area (TPSA) is 59.3 Å². The minimum Gasteiger partial charge on any atom is -0.390 e. The number of aryl methyl sites for hydroxylation is 1. The number of hydrogen-bond acceptors (Lipinski definition) is 3. The molecule has 0 unspecified atom stereocenters. The Kier molecular flexibility index (Phi) is 4.53. The summed E-state index contributed by atoms with van der Waals surface area (Å²) in [6, 6.07) is 19.4. The average Bonchev–Trinajstić information content (AvgIpc) is 3.04. The second-order valence-electron chi connectivity index (χ2n) is 6.59. The van der Waals surface area contributed by atoms with Crippen LogP contribution in [0.5, 0.6) is 0 Å². The van der Waals surface area contributed by atoms with Crippen molar-refractivity contribution < 1.29 is 17.9 Å². The first kappa shape index (κ1) is 18.4. The monoisotopic (exact) mass is 395 g/mol. The van der Waals surface area contributed by atoms with Crippen molar-refractivity contribution in [3.8, 4) is 11.1 Å². The molecule has 4 nitrogen and oxygen atoms in total. The molecule has 0 saturated carbocycles. The van der Waals surface area contributed by atoms with Crippen LogP contribution in [0.15, 0.2) is 77.7 Å². The van der Waals surface area contributed by atoms with Gasteiger partial charge in [-0.15, -0.1) is 0 Å². The fourth-order valence-electron chi connectivity index (χ4n) is 3.44. The van der Waals surface area contributed by atoms with Crippen molar-refractivity contribution in [2.75, 3.05) is 0 Å². The summed E-state index contributed by atoms with van der Waals surface area (Å²) in [4.78, 5) is 0.138. The molecule has 142 valence electrons. The van der Waals surface area contributed by atoms with Gasteiger partial charge in [-0.05, 0) is 42.8 Å². The largest absolute Gasteiger partial charge is 0.390 e. The molecule has 0 aliphatic rings. The SMILES string of the molecule is Cc1ccc(S(=O)(=O)n2c(CO)c(-c3ccc(F)cc3)c3ccccc32)cc1. The number of hydrogen-bond donors (Lipinski definition) is 1. The maximum atomic E-state index is 13.4. The third kappa shape index (κ3) is 2.91. The number of nitrogens with zero attached hydrogens (tertiary/aromatic N) is 1. The van der Waals surface area contributed by atoms with Crippen LogP contribution in [0.25, 0.3) is 22.0 Å². The third-order valence-corrected chi connectivity index (χ3v) is 6.53. The second kappa shape index (κ2) is 6.89. The zero-order valence-corrected chi connectivity index (χ0v) is 15.9. The van der Waals surface area contributed by atoms with Gasteiger partial charge in [0.2, 0.25) is 0 Å². The fraction of sp³-hybridized carbons (Fsp3) is 0.0909. The number of aliphatic hydroxyl groups excluding tert-OH is 1. The Labute approximate surface area is 162 Å². The molecule has 0 bridgehead atoms. The summed E-state index contributed by atoms with van der Waals surface area (Å²) >= 11 is 0. The summed E-state index contributed by atoms with van der Waals surface area (Å²) in [5.41, 5.74) is 2.87. The standard InChI is InChI=1S/C22H18FNO3S/c1-15-6-12-18(13-7-15)28(26,27)24-20-5-3-2-4-19(20)22(21(24)14-25)16-8-10-17(23)11-9-16/h2-13,25H,14H2,1H3. The highest BCUT2D eigenvalue weighted by molar-refractivity contribution is 7.90. The van der Waals surface area contributed by atoms with Crippen molar-refractivity contribution in [3.63, 3.8) is 0 Å². The van der Waals surface area contributed by atoms with Crippen LogP contribution in [0.3, 0.4) is 0 Å². The summed E-state index contributed by atoms with van der Waals surface area (Å²) in [6.07, 6.45) is 0. The van der Waals surface area contributed by atoms with Crippen molar-refractivity contribution in [2.45, 2.75) is 18.4 Å². The number of fused-ring (bicyclic) bond motifs is 1. The Morgan fingerprint density at radius 1 is 0.929 bits per heavy atom. The fourth-order valence-corrected chi connectivity index (χ4v) is 4.98. The van der Waals surface area contributed by atoms with Crippen LogP contribution < -0.4 is 0 Å². The summed E-state index contributed by atoms with van der Waals surface area (Å²) in [5.74, 6) is -0.384. The van der Waals surface area contributed by atoms with E-state index in [1.807, 2.05) is 6.92 Å². The van der Waals surface area contributed by atoms with Gasteiger partial charge in [-0.1, -0.05) is 48.0 Å². The lowest BCUT2D eigenvalue weighted by atomic mass is 10.0. The van der Waals surface area contributed by atoms with E-state index in [-0.39, 0.29) is 16.4 Å². The molecule has 6 heteroatoms. The van der Waals surface area contributed by atoms with E-state index in [9.17, 15) is 17.9 Å². The van der Waals surface area contributed by atoms with Crippen LogP contribution in [0.4, 0.5) is 4.39 Å². The highest BCUT2D eigenvalue weighted by atomic mass is 32.2. The highest BCUT2D eigenvalue weighted by Crippen LogP contribution is 2.37. The molecular formula is C22H18FNO3S. The van der Waals surface area contributed by atoms with E-state index in [4.69, 9.17) is 0 Å². The van der Waals surface area contributed by atoms with E-state index in [1.165, 1.54) is 16.1 Å². The number of benzene rings is 3. The first-order valence-corrected chi connectivity index (χ1v) is 10.2. The van der Waals surface area contributed by atoms with Gasteiger partial charge in [0.25, 0.3) is 10.0 Å². The molecular weight excluding hydrogens is 377 g/mol. The van der Waals surface area contributed by atoms with E-state index < -0.39 is 16.6 Å². The van der Waals surface area contributed by atoms with Crippen LogP contribution in [0, 0.1) is 12.7 Å². The molecule has 4 aromatic rings. The quantitative estimate of drug-likeness (QED) is 0.554. The summed E-state index contributed by atoms with van der Waals surface area (Å²) in [6.45, 7) is 1.40. The molecule has 1 aromatic heterocycles. The predicted octanol–water partition coefficient (Wildman–Crippen LogP) is 4.49. The number of para-hydroxylation sites is 1. The van der Waals surface area contributed by atoms with Gasteiger partial charge in [0.15, 0.2) is 0 Å². The lowest BCUT2D eigenvalue weighted by Crippen LogP contribution is -2.16. The molecule has 0 aliphatic carbocycles. The Hall–Kier alpha value is -2.96. The third-order valence-electron chi connectivity index (χ3n) is 4.77. The van der Waals surface area contributed by atoms with Crippen molar-refractivity contribution in [1.29, 1.82) is 0 Å². The number of halogens is 1. The predicted molar refractivity (Wildman–Crippen MR) is 107 cm³/mol. The zero-order valence-electron chi connectivity index (χ0n) is 15.1. The van der Waals surface area contributed by atoms with E-state index in [2.05, 4.69) is 0 Å². The van der Waals surface area contributed by atoms with Gasteiger partial charge in [0.1, 0.15) is 5.82 Å². The van der Waals surface area contributed by atoms with Gasteiger partial charge in [0.05, 0.1) is 22.7 Å². The summed E-state index contributed by atoms with van der Waals surface area (Å²) in [7, 11) is -3.94. The van der Waals surface area contributed by atoms with E-state index in [1.54, 1.807) is 60.7 Å². The van der Waals surface area contributed by atoms with Crippen molar-refractivity contribution in [2.24, 2.45) is 0 Å². The van der Waals surface area contributed by atoms with Gasteiger partial charge >= 0.3 is 0 Å². The highest BCUT2D eigenvalue weighted by Gasteiger charge is 2.27. The molecule has 0 saturated heterocycles. The van der Waals surface area contributed by atoms with Crippen molar-refractivity contribution in [1.82, 2.24) is 3.97 Å². The van der Waals surface area contributed by atoms with E-state index in [0.717, 1.165) is 5.56 Å². The maximum Gasteiger partial charge on any atom is 0.268 e. The molecule has 1 N–H and O–H groups in total. The van der Waals surface area contributed by atoms with Gasteiger partial charge in [0, 0.05) is 10.9 Å². The van der Waals surface area contributed by atoms with Crippen molar-refractivity contribution >= 4 is 20.9 Å². The number of aliphatic hydroxyl groups is 1. The van der Waals surface area contributed by atoms with Gasteiger partial charge in [-0.25, -0.2) is 16.8 Å². The smallest absolute Gasteiger partial charge is 0.268 e. The Bertz CT molecular complexity index is 1260. The van der Waals surface area contributed by atoms with Gasteiger partial charge < -0.3 is 5.11 Å². The Balaban J connectivity index is 2.07. The van der Waals surface area contributed by atoms with Crippen LogP contribution in [-0.2, 0) is 16.6 Å². The molecule has 0 aliphatic heterocycles. The molecule has 4 rings (SSSR count). The van der Waals surface area contributed by atoms with E-state index in [0.29, 0.717) is 22.0 Å². The first-order chi connectivity index (χ1) is 13.4. The lowest BCUT2D eigenvalue weighted by Gasteiger charge is -2.12. The molecule has 1 heterocycles. The molecule has 0 radical (unpaired) electrons. The van der Waals surface area contributed by atoms with Gasteiger partial charge in [-0.2, -0.15) is 0 Å². The van der Waals surface area contributed by atoms with Crippen LogP contribution in [0.1, 0.15) is 11.3 Å². The van der Waals surface area contributed by atoms with Crippen LogP contribution >= 0.6 is 0 Å². The lowest BCUT2D eigenvalue weighted by molar-refractivity contribution is 0.276. The first-order valence-electron chi connectivity index (χ1n) is 8.75. The molecule has 0 fully saturated rings. The normalized spacial score (nSPS) is 11.8. The van der Waals surface area contributed by atoms with Gasteiger partial charge in [-0.3, -0.25) is 0 Å². The van der Waals surface area contributed by atoms with Crippen molar-refractivity contribution in [3.05, 3.63) is 89.9 Å². The molecule has 0 spiro atoms. The Morgan fingerprint density at radius 3 is 2.21 bits per heavy atom. The summed E-state index contributed by atoms with van der Waals surface area (Å²) < 4.78 is 41.4. The van der Waals surface area contributed by atoms with Crippen LogP contribution in [0.2, 0.25) is 0 Å². The average molecular weight is 395 g/mol. The molecule has 0 amide bonds. The number of aromatic nitrogens is 1. The second-order valence-corrected chi connectivity index (χ2v) is 8.37. The molecule has 3 aromatic carbocycles. The molecule has 0 atom stereocenters. The Morgan fingerprint density at radius 2 is 1.57 bits per heavy atom. The minimum absolute atomic E-state index is 0.138. The minimum atomic E-state index is -3.94. The zero-order chi connectivity index (χ0) is 19.9. The maximum absolute atomic E-state index is 13.4. The number of rotatable bonds is 4.